The number of alkyl carbamates (subject to hydrolysis) is 1. The zero-order valence-electron chi connectivity index (χ0n) is 28.2. The van der Waals surface area contributed by atoms with E-state index in [1.54, 1.807) is 24.3 Å². The Kier molecular flexibility index (Phi) is 13.6. The first kappa shape index (κ1) is 37.1. The number of carbonyl (C=O) groups excluding carboxylic acids is 3. The number of carbonyl (C=O) groups is 4. The molecule has 1 aliphatic rings. The summed E-state index contributed by atoms with van der Waals surface area (Å²) in [6, 6.07) is 34.3. The fourth-order valence-corrected chi connectivity index (χ4v) is 7.52. The molecule has 4 N–H and O–H groups in total. The molecule has 3 unspecified atom stereocenters. The molecule has 10 nitrogen and oxygen atoms in total. The van der Waals surface area contributed by atoms with Crippen molar-refractivity contribution in [2.45, 2.75) is 68.3 Å². The second-order valence-corrected chi connectivity index (χ2v) is 13.5. The summed E-state index contributed by atoms with van der Waals surface area (Å²) >= 11 is 1.41. The molecule has 266 valence electrons. The van der Waals surface area contributed by atoms with Crippen LogP contribution in [0.15, 0.2) is 121 Å². The SMILES string of the molecule is O=C(NC(CCCCc1ccccc1)C(=O)N1C(c2ccccc2)SC[C@H]1C(=O)N[C@@H](Cc1ccccc1)C(O)C(=O)O)OCc1ccccc1. The van der Waals surface area contributed by atoms with Gasteiger partial charge in [-0.2, -0.15) is 0 Å². The maximum Gasteiger partial charge on any atom is 0.408 e. The van der Waals surface area contributed by atoms with Gasteiger partial charge in [-0.05, 0) is 47.9 Å². The molecule has 1 aliphatic heterocycles. The molecule has 0 radical (unpaired) electrons. The largest absolute Gasteiger partial charge is 0.479 e. The molecule has 5 rings (SSSR count). The van der Waals surface area contributed by atoms with Gasteiger partial charge in [0.25, 0.3) is 0 Å². The van der Waals surface area contributed by atoms with E-state index in [1.165, 1.54) is 22.2 Å². The van der Waals surface area contributed by atoms with Crippen LogP contribution >= 0.6 is 11.8 Å². The van der Waals surface area contributed by atoms with Gasteiger partial charge in [0.1, 0.15) is 24.1 Å². The van der Waals surface area contributed by atoms with Crippen LogP contribution in [0.1, 0.15) is 46.9 Å². The van der Waals surface area contributed by atoms with Gasteiger partial charge in [-0.3, -0.25) is 9.59 Å². The van der Waals surface area contributed by atoms with E-state index < -0.39 is 53.5 Å². The summed E-state index contributed by atoms with van der Waals surface area (Å²) in [4.78, 5) is 55.2. The second-order valence-electron chi connectivity index (χ2n) is 12.4. The number of aliphatic carboxylic acids is 1. The van der Waals surface area contributed by atoms with E-state index in [1.807, 2.05) is 97.1 Å². The Bertz CT molecular complexity index is 1710. The molecule has 0 aliphatic carbocycles. The van der Waals surface area contributed by atoms with Gasteiger partial charge < -0.3 is 30.5 Å². The fraction of sp³-hybridized carbons (Fsp3) is 0.300. The number of thioether (sulfide) groups is 1. The molecule has 0 saturated carbocycles. The second kappa shape index (κ2) is 18.7. The summed E-state index contributed by atoms with van der Waals surface area (Å²) in [5, 5.41) is 25.3. The molecule has 1 heterocycles. The molecule has 1 fully saturated rings. The van der Waals surface area contributed by atoms with Crippen LogP contribution in [0.3, 0.4) is 0 Å². The summed E-state index contributed by atoms with van der Waals surface area (Å²) in [5.74, 6) is -2.30. The summed E-state index contributed by atoms with van der Waals surface area (Å²) in [6.07, 6.45) is -0.0862. The van der Waals surface area contributed by atoms with Crippen molar-refractivity contribution in [2.75, 3.05) is 5.75 Å². The number of aliphatic hydroxyl groups is 1. The summed E-state index contributed by atoms with van der Waals surface area (Å²) in [7, 11) is 0. The van der Waals surface area contributed by atoms with Crippen molar-refractivity contribution in [1.29, 1.82) is 0 Å². The van der Waals surface area contributed by atoms with E-state index in [-0.39, 0.29) is 18.8 Å². The Balaban J connectivity index is 1.38. The molecule has 5 atom stereocenters. The number of nitrogens with zero attached hydrogens (tertiary/aromatic N) is 1. The zero-order valence-corrected chi connectivity index (χ0v) is 29.0. The molecule has 3 amide bonds. The van der Waals surface area contributed by atoms with Crippen molar-refractivity contribution in [3.63, 3.8) is 0 Å². The van der Waals surface area contributed by atoms with Crippen LogP contribution in [0, 0.1) is 0 Å². The number of aliphatic hydroxyl groups excluding tert-OH is 1. The van der Waals surface area contributed by atoms with Crippen molar-refractivity contribution in [1.82, 2.24) is 15.5 Å². The lowest BCUT2D eigenvalue weighted by molar-refractivity contribution is -0.149. The molecular weight excluding hydrogens is 667 g/mol. The number of unbranched alkanes of at least 4 members (excludes halogenated alkanes) is 1. The highest BCUT2D eigenvalue weighted by Gasteiger charge is 2.45. The average molecular weight is 710 g/mol. The van der Waals surface area contributed by atoms with Gasteiger partial charge in [-0.25, -0.2) is 9.59 Å². The van der Waals surface area contributed by atoms with Gasteiger partial charge in [-0.15, -0.1) is 11.8 Å². The summed E-state index contributed by atoms with van der Waals surface area (Å²) in [6.45, 7) is 0.0214. The van der Waals surface area contributed by atoms with Gasteiger partial charge in [0.05, 0.1) is 6.04 Å². The van der Waals surface area contributed by atoms with Crippen LogP contribution in [0.25, 0.3) is 0 Å². The highest BCUT2D eigenvalue weighted by molar-refractivity contribution is 7.99. The number of benzene rings is 4. The molecule has 51 heavy (non-hydrogen) atoms. The standard InChI is InChI=1S/C40H43N3O7S/c44-35(39(47)48)33(25-29-18-7-2-8-19-29)41-36(45)34-27-51-38(31-22-11-4-12-23-31)43(34)37(46)32(24-14-13-17-28-15-5-1-6-16-28)42-40(49)50-26-30-20-9-3-10-21-30/h1-12,15-16,18-23,32-35,38,44H,13-14,17,24-27H2,(H,41,45)(H,42,49)(H,47,48)/t32?,33-,34-,35?,38?/m0/s1. The van der Waals surface area contributed by atoms with Crippen LogP contribution < -0.4 is 10.6 Å². The average Bonchev–Trinajstić information content (AvgIpc) is 3.61. The minimum atomic E-state index is -1.88. The van der Waals surface area contributed by atoms with E-state index in [0.29, 0.717) is 12.8 Å². The first-order valence-corrected chi connectivity index (χ1v) is 18.1. The molecule has 4 aromatic rings. The number of aryl methyl sites for hydroxylation is 1. The van der Waals surface area contributed by atoms with Crippen LogP contribution in [0.4, 0.5) is 4.79 Å². The van der Waals surface area contributed by atoms with Gasteiger partial charge in [0, 0.05) is 5.75 Å². The normalized spacial score (nSPS) is 17.2. The van der Waals surface area contributed by atoms with Gasteiger partial charge in [-0.1, -0.05) is 128 Å². The third-order valence-corrected chi connectivity index (χ3v) is 10.1. The lowest BCUT2D eigenvalue weighted by Crippen LogP contribution is -2.57. The highest BCUT2D eigenvalue weighted by Crippen LogP contribution is 2.42. The molecule has 11 heteroatoms. The number of ether oxygens (including phenoxy) is 1. The third kappa shape index (κ3) is 10.7. The third-order valence-electron chi connectivity index (χ3n) is 8.76. The lowest BCUT2D eigenvalue weighted by Gasteiger charge is -2.33. The highest BCUT2D eigenvalue weighted by atomic mass is 32.2. The number of carboxylic acids is 1. The van der Waals surface area contributed by atoms with Crippen molar-refractivity contribution < 1.29 is 34.1 Å². The number of rotatable bonds is 16. The predicted molar refractivity (Wildman–Crippen MR) is 196 cm³/mol. The van der Waals surface area contributed by atoms with Crippen molar-refractivity contribution in [3.05, 3.63) is 144 Å². The molecule has 1 saturated heterocycles. The van der Waals surface area contributed by atoms with Gasteiger partial charge in [0.15, 0.2) is 6.10 Å². The van der Waals surface area contributed by atoms with Crippen molar-refractivity contribution >= 4 is 35.6 Å². The summed E-state index contributed by atoms with van der Waals surface area (Å²) in [5.41, 5.74) is 3.49. The smallest absolute Gasteiger partial charge is 0.408 e. The maximum absolute atomic E-state index is 14.7. The van der Waals surface area contributed by atoms with Gasteiger partial charge >= 0.3 is 12.1 Å². The number of nitrogens with one attached hydrogen (secondary N) is 2. The quantitative estimate of drug-likeness (QED) is 0.112. The Hall–Kier alpha value is -5.13. The molecular formula is C40H43N3O7S. The van der Waals surface area contributed by atoms with Crippen LogP contribution in [-0.2, 0) is 38.6 Å². The monoisotopic (exact) mass is 709 g/mol. The molecule has 0 spiro atoms. The topological polar surface area (TPSA) is 145 Å². The van der Waals surface area contributed by atoms with E-state index in [2.05, 4.69) is 10.6 Å². The van der Waals surface area contributed by atoms with E-state index in [0.717, 1.165) is 29.5 Å². The number of hydrogen-bond acceptors (Lipinski definition) is 7. The van der Waals surface area contributed by atoms with E-state index in [4.69, 9.17) is 4.74 Å². The summed E-state index contributed by atoms with van der Waals surface area (Å²) < 4.78 is 5.50. The van der Waals surface area contributed by atoms with Crippen LogP contribution in [0.2, 0.25) is 0 Å². The zero-order chi connectivity index (χ0) is 36.0. The van der Waals surface area contributed by atoms with Crippen molar-refractivity contribution in [2.24, 2.45) is 0 Å². The van der Waals surface area contributed by atoms with E-state index in [9.17, 15) is 29.4 Å². The molecule has 4 aromatic carbocycles. The minimum absolute atomic E-state index is 0.0214. The first-order chi connectivity index (χ1) is 24.8. The number of carboxylic acid groups (broad SMARTS) is 1. The Labute approximate surface area is 302 Å². The van der Waals surface area contributed by atoms with Crippen LogP contribution in [0.5, 0.6) is 0 Å². The van der Waals surface area contributed by atoms with Crippen molar-refractivity contribution in [3.8, 4) is 0 Å². The van der Waals surface area contributed by atoms with E-state index >= 15 is 0 Å². The number of amides is 3. The Morgan fingerprint density at radius 2 is 1.33 bits per heavy atom. The Morgan fingerprint density at radius 3 is 1.94 bits per heavy atom. The fourth-order valence-electron chi connectivity index (χ4n) is 6.08. The molecule has 0 bridgehead atoms. The van der Waals surface area contributed by atoms with Crippen LogP contribution in [-0.4, -0.2) is 69.0 Å². The minimum Gasteiger partial charge on any atom is -0.479 e. The number of hydrogen-bond donors (Lipinski definition) is 4. The maximum atomic E-state index is 14.7. The predicted octanol–water partition coefficient (Wildman–Crippen LogP) is 5.51. The first-order valence-electron chi connectivity index (χ1n) is 17.0. The Morgan fingerprint density at radius 1 is 0.765 bits per heavy atom. The lowest BCUT2D eigenvalue weighted by atomic mass is 10.00. The molecule has 0 aromatic heterocycles. The van der Waals surface area contributed by atoms with Gasteiger partial charge in [0.2, 0.25) is 11.8 Å².